The number of aromatic nitrogens is 2. The second-order valence-electron chi connectivity index (χ2n) is 7.36. The van der Waals surface area contributed by atoms with Gasteiger partial charge in [-0.2, -0.15) is 0 Å². The topological polar surface area (TPSA) is 64.9 Å². The number of hydrogen-bond donors (Lipinski definition) is 1. The first kappa shape index (κ1) is 20.5. The summed E-state index contributed by atoms with van der Waals surface area (Å²) in [6.07, 6.45) is 3.90. The van der Waals surface area contributed by atoms with Crippen LogP contribution in [0, 0.1) is 13.8 Å². The van der Waals surface area contributed by atoms with Crippen LogP contribution in [0.2, 0.25) is 0 Å². The number of fused-ring (bicyclic) bond motifs is 1. The molecule has 1 amide bonds. The van der Waals surface area contributed by atoms with Gasteiger partial charge in [0.25, 0.3) is 5.91 Å². The van der Waals surface area contributed by atoms with E-state index < -0.39 is 0 Å². The number of carbonyl (C=O) groups is 1. The predicted molar refractivity (Wildman–Crippen MR) is 120 cm³/mol. The van der Waals surface area contributed by atoms with Gasteiger partial charge in [-0.15, -0.1) is 0 Å². The Morgan fingerprint density at radius 3 is 2.61 bits per heavy atom. The zero-order chi connectivity index (χ0) is 21.6. The van der Waals surface area contributed by atoms with Crippen LogP contribution in [-0.2, 0) is 6.61 Å². The van der Waals surface area contributed by atoms with Crippen LogP contribution in [-0.4, -0.2) is 28.4 Å². The maximum Gasteiger partial charge on any atom is 0.255 e. The standard InChI is InChI=1S/C25H25N3O3/c1-18-9-11-21(12-10-18)30-15-13-26-25(29)22-7-3-4-8-23(22)31-17-20-16-28-14-5-6-19(2)24(28)27-20/h3-12,14,16H,13,15,17H2,1-2H3,(H,26,29). The highest BCUT2D eigenvalue weighted by Crippen LogP contribution is 2.20. The lowest BCUT2D eigenvalue weighted by molar-refractivity contribution is 0.0942. The van der Waals surface area contributed by atoms with E-state index in [0.717, 1.165) is 22.7 Å². The Hall–Kier alpha value is -3.80. The maximum absolute atomic E-state index is 12.7. The highest BCUT2D eigenvalue weighted by molar-refractivity contribution is 5.96. The maximum atomic E-state index is 12.7. The number of carbonyl (C=O) groups excluding carboxylic acids is 1. The van der Waals surface area contributed by atoms with Crippen molar-refractivity contribution in [1.82, 2.24) is 14.7 Å². The third-order valence-electron chi connectivity index (χ3n) is 4.91. The molecule has 0 spiro atoms. The largest absolute Gasteiger partial charge is 0.492 e. The molecule has 0 fully saturated rings. The molecule has 6 nitrogen and oxygen atoms in total. The summed E-state index contributed by atoms with van der Waals surface area (Å²) in [6.45, 7) is 5.11. The quantitative estimate of drug-likeness (QED) is 0.435. The van der Waals surface area contributed by atoms with Crippen molar-refractivity contribution >= 4 is 11.6 Å². The Kier molecular flexibility index (Phi) is 6.17. The summed E-state index contributed by atoms with van der Waals surface area (Å²) in [7, 11) is 0. The van der Waals surface area contributed by atoms with E-state index in [1.54, 1.807) is 12.1 Å². The summed E-state index contributed by atoms with van der Waals surface area (Å²) in [5, 5.41) is 2.88. The lowest BCUT2D eigenvalue weighted by Gasteiger charge is -2.11. The predicted octanol–water partition coefficient (Wildman–Crippen LogP) is 4.34. The van der Waals surface area contributed by atoms with Gasteiger partial charge in [0.15, 0.2) is 0 Å². The minimum absolute atomic E-state index is 0.200. The monoisotopic (exact) mass is 415 g/mol. The fraction of sp³-hybridized carbons (Fsp3) is 0.200. The highest BCUT2D eigenvalue weighted by atomic mass is 16.5. The Balaban J connectivity index is 1.34. The number of nitrogens with zero attached hydrogens (tertiary/aromatic N) is 2. The van der Waals surface area contributed by atoms with Gasteiger partial charge in [0.2, 0.25) is 0 Å². The summed E-state index contributed by atoms with van der Waals surface area (Å²) in [5.41, 5.74) is 4.46. The van der Waals surface area contributed by atoms with Crippen molar-refractivity contribution in [3.63, 3.8) is 0 Å². The minimum atomic E-state index is -0.200. The van der Waals surface area contributed by atoms with Crippen LogP contribution in [0.5, 0.6) is 11.5 Å². The van der Waals surface area contributed by atoms with Crippen molar-refractivity contribution in [2.75, 3.05) is 13.2 Å². The Labute approximate surface area is 181 Å². The number of amides is 1. The molecule has 4 aromatic rings. The molecule has 0 aliphatic heterocycles. The van der Waals surface area contributed by atoms with E-state index >= 15 is 0 Å². The normalized spacial score (nSPS) is 10.8. The molecular formula is C25H25N3O3. The van der Waals surface area contributed by atoms with Crippen LogP contribution in [0.15, 0.2) is 73.1 Å². The smallest absolute Gasteiger partial charge is 0.255 e. The molecule has 0 unspecified atom stereocenters. The van der Waals surface area contributed by atoms with Gasteiger partial charge in [-0.1, -0.05) is 35.9 Å². The lowest BCUT2D eigenvalue weighted by atomic mass is 10.2. The first-order valence-electron chi connectivity index (χ1n) is 10.2. The van der Waals surface area contributed by atoms with Crippen molar-refractivity contribution in [3.05, 3.63) is 95.4 Å². The van der Waals surface area contributed by atoms with Gasteiger partial charge in [-0.05, 0) is 49.7 Å². The fourth-order valence-corrected chi connectivity index (χ4v) is 3.27. The number of benzene rings is 2. The molecule has 2 heterocycles. The second kappa shape index (κ2) is 9.34. The van der Waals surface area contributed by atoms with E-state index in [9.17, 15) is 4.79 Å². The van der Waals surface area contributed by atoms with Crippen molar-refractivity contribution in [2.45, 2.75) is 20.5 Å². The lowest BCUT2D eigenvalue weighted by Crippen LogP contribution is -2.28. The molecule has 0 saturated carbocycles. The van der Waals surface area contributed by atoms with Gasteiger partial charge in [-0.3, -0.25) is 4.79 Å². The van der Waals surface area contributed by atoms with Crippen LogP contribution in [0.1, 0.15) is 27.2 Å². The van der Waals surface area contributed by atoms with Crippen LogP contribution in [0.25, 0.3) is 5.65 Å². The molecule has 2 aromatic heterocycles. The van der Waals surface area contributed by atoms with Gasteiger partial charge in [0.1, 0.15) is 30.4 Å². The van der Waals surface area contributed by atoms with Gasteiger partial charge in [0.05, 0.1) is 17.8 Å². The number of nitrogens with one attached hydrogen (secondary N) is 1. The molecule has 0 atom stereocenters. The Bertz CT molecular complexity index is 1180. The third kappa shape index (κ3) is 5.04. The molecular weight excluding hydrogens is 390 g/mol. The average molecular weight is 415 g/mol. The van der Waals surface area contributed by atoms with E-state index in [1.165, 1.54) is 5.56 Å². The van der Waals surface area contributed by atoms with Crippen LogP contribution < -0.4 is 14.8 Å². The van der Waals surface area contributed by atoms with E-state index in [4.69, 9.17) is 9.47 Å². The summed E-state index contributed by atoms with van der Waals surface area (Å²) in [6, 6.07) is 19.0. The number of ether oxygens (including phenoxy) is 2. The third-order valence-corrected chi connectivity index (χ3v) is 4.91. The number of imidazole rings is 1. The number of hydrogen-bond acceptors (Lipinski definition) is 4. The summed E-state index contributed by atoms with van der Waals surface area (Å²) in [4.78, 5) is 17.3. The molecule has 6 heteroatoms. The number of para-hydroxylation sites is 1. The first-order valence-corrected chi connectivity index (χ1v) is 10.2. The summed E-state index contributed by atoms with van der Waals surface area (Å²) < 4.78 is 13.6. The fourth-order valence-electron chi connectivity index (χ4n) is 3.27. The van der Waals surface area contributed by atoms with Crippen molar-refractivity contribution < 1.29 is 14.3 Å². The molecule has 4 rings (SSSR count). The Morgan fingerprint density at radius 2 is 1.81 bits per heavy atom. The molecule has 0 radical (unpaired) electrons. The molecule has 0 bridgehead atoms. The zero-order valence-corrected chi connectivity index (χ0v) is 17.7. The molecule has 1 N–H and O–H groups in total. The minimum Gasteiger partial charge on any atom is -0.492 e. The van der Waals surface area contributed by atoms with Gasteiger partial charge in [-0.25, -0.2) is 4.98 Å². The molecule has 0 aliphatic rings. The van der Waals surface area contributed by atoms with E-state index in [2.05, 4.69) is 10.3 Å². The van der Waals surface area contributed by atoms with Crippen molar-refractivity contribution in [1.29, 1.82) is 0 Å². The molecule has 31 heavy (non-hydrogen) atoms. The van der Waals surface area contributed by atoms with Gasteiger partial charge >= 0.3 is 0 Å². The first-order chi connectivity index (χ1) is 15.1. The molecule has 158 valence electrons. The number of rotatable bonds is 8. The number of aryl methyl sites for hydroxylation is 2. The zero-order valence-electron chi connectivity index (χ0n) is 17.7. The summed E-state index contributed by atoms with van der Waals surface area (Å²) >= 11 is 0. The highest BCUT2D eigenvalue weighted by Gasteiger charge is 2.13. The SMILES string of the molecule is Cc1ccc(OCCNC(=O)c2ccccc2OCc2cn3cccc(C)c3n2)cc1. The van der Waals surface area contributed by atoms with Gasteiger partial charge < -0.3 is 19.2 Å². The molecule has 2 aromatic carbocycles. The number of pyridine rings is 1. The average Bonchev–Trinajstić information content (AvgIpc) is 3.21. The van der Waals surface area contributed by atoms with Gasteiger partial charge in [0, 0.05) is 12.4 Å². The van der Waals surface area contributed by atoms with Crippen LogP contribution in [0.3, 0.4) is 0 Å². The summed E-state index contributed by atoms with van der Waals surface area (Å²) in [5.74, 6) is 1.11. The van der Waals surface area contributed by atoms with E-state index in [-0.39, 0.29) is 12.5 Å². The van der Waals surface area contributed by atoms with Crippen molar-refractivity contribution in [3.8, 4) is 11.5 Å². The van der Waals surface area contributed by atoms with Crippen LogP contribution in [0.4, 0.5) is 0 Å². The second-order valence-corrected chi connectivity index (χ2v) is 7.36. The Morgan fingerprint density at radius 1 is 1.00 bits per heavy atom. The molecule has 0 aliphatic carbocycles. The van der Waals surface area contributed by atoms with E-state index in [0.29, 0.717) is 24.5 Å². The van der Waals surface area contributed by atoms with Crippen LogP contribution >= 0.6 is 0 Å². The molecule has 0 saturated heterocycles. The van der Waals surface area contributed by atoms with E-state index in [1.807, 2.05) is 79.2 Å². The van der Waals surface area contributed by atoms with Crippen molar-refractivity contribution in [2.24, 2.45) is 0 Å².